The minimum Gasteiger partial charge on any atom is -0.338 e. The summed E-state index contributed by atoms with van der Waals surface area (Å²) in [6.07, 6.45) is 7.69. The second-order valence-electron chi connectivity index (χ2n) is 4.81. The molecule has 2 amide bonds. The molecule has 1 aromatic heterocycles. The number of benzene rings is 1. The van der Waals surface area contributed by atoms with Crippen LogP contribution in [0.25, 0.3) is 0 Å². The number of amides is 2. The first kappa shape index (κ1) is 16.3. The van der Waals surface area contributed by atoms with Crippen LogP contribution in [-0.4, -0.2) is 28.8 Å². The van der Waals surface area contributed by atoms with Crippen molar-refractivity contribution < 1.29 is 4.79 Å². The van der Waals surface area contributed by atoms with Gasteiger partial charge in [-0.05, 0) is 24.8 Å². The molecule has 0 saturated heterocycles. The van der Waals surface area contributed by atoms with Gasteiger partial charge < -0.3 is 10.6 Å². The average molecular weight is 316 g/mol. The van der Waals surface area contributed by atoms with Crippen LogP contribution < -0.4 is 10.6 Å². The van der Waals surface area contributed by atoms with Crippen LogP contribution >= 0.6 is 11.8 Å². The Morgan fingerprint density at radius 1 is 1.32 bits per heavy atom. The smallest absolute Gasteiger partial charge is 0.315 e. The molecule has 0 aliphatic rings. The lowest BCUT2D eigenvalue weighted by Gasteiger charge is -2.17. The van der Waals surface area contributed by atoms with E-state index >= 15 is 0 Å². The summed E-state index contributed by atoms with van der Waals surface area (Å²) in [7, 11) is 0. The van der Waals surface area contributed by atoms with Gasteiger partial charge in [0.15, 0.2) is 0 Å². The molecule has 0 spiro atoms. The molecule has 2 rings (SSSR count). The number of hydrogen-bond donors (Lipinski definition) is 2. The van der Waals surface area contributed by atoms with E-state index in [2.05, 4.69) is 26.7 Å². The topological polar surface area (TPSA) is 66.9 Å². The first-order valence-corrected chi connectivity index (χ1v) is 8.35. The number of rotatable bonds is 6. The van der Waals surface area contributed by atoms with Crippen molar-refractivity contribution in [3.63, 3.8) is 0 Å². The predicted molar refractivity (Wildman–Crippen MR) is 88.9 cm³/mol. The van der Waals surface area contributed by atoms with E-state index in [9.17, 15) is 4.79 Å². The van der Waals surface area contributed by atoms with Crippen molar-refractivity contribution in [1.29, 1.82) is 0 Å². The molecule has 1 aromatic carbocycles. The molecule has 0 unspecified atom stereocenters. The Bertz CT molecular complexity index is 606. The average Bonchev–Trinajstić information content (AvgIpc) is 2.55. The third kappa shape index (κ3) is 4.73. The molecule has 0 saturated carbocycles. The molecule has 116 valence electrons. The number of nitrogens with zero attached hydrogens (tertiary/aromatic N) is 2. The lowest BCUT2D eigenvalue weighted by Crippen LogP contribution is -2.38. The summed E-state index contributed by atoms with van der Waals surface area (Å²) in [5.74, 6) is 0. The Morgan fingerprint density at radius 2 is 2.14 bits per heavy atom. The van der Waals surface area contributed by atoms with Crippen LogP contribution in [-0.2, 0) is 6.42 Å². The summed E-state index contributed by atoms with van der Waals surface area (Å²) < 4.78 is 0. The standard InChI is InChI=1S/C16H20N4OS/c1-12(14-5-3-4-6-15(14)22-2)20-16(21)19-8-7-13-11-17-9-10-18-13/h3-6,9-12H,7-8H2,1-2H3,(H2,19,20,21)/t12-/m1/s1. The first-order chi connectivity index (χ1) is 10.7. The maximum Gasteiger partial charge on any atom is 0.315 e. The zero-order chi connectivity index (χ0) is 15.8. The van der Waals surface area contributed by atoms with Gasteiger partial charge in [-0.2, -0.15) is 0 Å². The van der Waals surface area contributed by atoms with Crippen LogP contribution in [0, 0.1) is 0 Å². The van der Waals surface area contributed by atoms with Crippen molar-refractivity contribution in [3.8, 4) is 0 Å². The van der Waals surface area contributed by atoms with Gasteiger partial charge in [0.2, 0.25) is 0 Å². The van der Waals surface area contributed by atoms with Crippen LogP contribution in [0.3, 0.4) is 0 Å². The first-order valence-electron chi connectivity index (χ1n) is 7.13. The van der Waals surface area contributed by atoms with Gasteiger partial charge in [0.1, 0.15) is 0 Å². The number of aromatic nitrogens is 2. The normalized spacial score (nSPS) is 11.7. The Morgan fingerprint density at radius 3 is 2.86 bits per heavy atom. The van der Waals surface area contributed by atoms with E-state index in [0.717, 1.165) is 11.3 Å². The molecular formula is C16H20N4OS. The van der Waals surface area contributed by atoms with Gasteiger partial charge in [-0.1, -0.05) is 18.2 Å². The third-order valence-electron chi connectivity index (χ3n) is 3.24. The molecular weight excluding hydrogens is 296 g/mol. The highest BCUT2D eigenvalue weighted by Gasteiger charge is 2.12. The molecule has 0 aliphatic carbocycles. The fourth-order valence-electron chi connectivity index (χ4n) is 2.11. The molecule has 0 fully saturated rings. The van der Waals surface area contributed by atoms with E-state index < -0.39 is 0 Å². The predicted octanol–water partition coefficient (Wildman–Crippen LogP) is 2.80. The highest BCUT2D eigenvalue weighted by atomic mass is 32.2. The van der Waals surface area contributed by atoms with Gasteiger partial charge in [-0.25, -0.2) is 4.79 Å². The summed E-state index contributed by atoms with van der Waals surface area (Å²) in [5.41, 5.74) is 1.99. The van der Waals surface area contributed by atoms with E-state index in [4.69, 9.17) is 0 Å². The summed E-state index contributed by atoms with van der Waals surface area (Å²) >= 11 is 1.68. The van der Waals surface area contributed by atoms with Crippen LogP contribution in [0.2, 0.25) is 0 Å². The molecule has 0 radical (unpaired) electrons. The van der Waals surface area contributed by atoms with Crippen molar-refractivity contribution in [2.24, 2.45) is 0 Å². The highest BCUT2D eigenvalue weighted by molar-refractivity contribution is 7.98. The Hall–Kier alpha value is -2.08. The summed E-state index contributed by atoms with van der Waals surface area (Å²) in [5, 5.41) is 5.80. The van der Waals surface area contributed by atoms with Crippen LogP contribution in [0.15, 0.2) is 47.8 Å². The minimum atomic E-state index is -0.174. The molecule has 1 heterocycles. The van der Waals surface area contributed by atoms with E-state index in [-0.39, 0.29) is 12.1 Å². The fraction of sp³-hybridized carbons (Fsp3) is 0.312. The van der Waals surface area contributed by atoms with E-state index in [1.807, 2.05) is 31.4 Å². The second-order valence-corrected chi connectivity index (χ2v) is 5.66. The monoisotopic (exact) mass is 316 g/mol. The zero-order valence-electron chi connectivity index (χ0n) is 12.7. The van der Waals surface area contributed by atoms with Gasteiger partial charge >= 0.3 is 6.03 Å². The number of carbonyl (C=O) groups excluding carboxylic acids is 1. The lowest BCUT2D eigenvalue weighted by molar-refractivity contribution is 0.238. The van der Waals surface area contributed by atoms with Crippen molar-refractivity contribution in [1.82, 2.24) is 20.6 Å². The summed E-state index contributed by atoms with van der Waals surface area (Å²) in [6.45, 7) is 2.51. The number of thioether (sulfide) groups is 1. The van der Waals surface area contributed by atoms with Crippen LogP contribution in [0.5, 0.6) is 0 Å². The summed E-state index contributed by atoms with van der Waals surface area (Å²) in [4.78, 5) is 21.3. The quantitative estimate of drug-likeness (QED) is 0.804. The largest absolute Gasteiger partial charge is 0.338 e. The minimum absolute atomic E-state index is 0.0415. The molecule has 5 nitrogen and oxygen atoms in total. The SMILES string of the molecule is CSc1ccccc1[C@@H](C)NC(=O)NCCc1cnccn1. The Kier molecular flexibility index (Phi) is 6.21. The maximum absolute atomic E-state index is 12.0. The van der Waals surface area contributed by atoms with Crippen molar-refractivity contribution in [2.45, 2.75) is 24.3 Å². The van der Waals surface area contributed by atoms with Gasteiger partial charge in [-0.15, -0.1) is 11.8 Å². The Labute approximate surface area is 135 Å². The molecule has 6 heteroatoms. The molecule has 0 bridgehead atoms. The van der Waals surface area contributed by atoms with Crippen molar-refractivity contribution in [3.05, 3.63) is 54.1 Å². The zero-order valence-corrected chi connectivity index (χ0v) is 13.6. The summed E-state index contributed by atoms with van der Waals surface area (Å²) in [6, 6.07) is 7.87. The van der Waals surface area contributed by atoms with Crippen LogP contribution in [0.4, 0.5) is 4.79 Å². The van der Waals surface area contributed by atoms with Crippen LogP contribution in [0.1, 0.15) is 24.2 Å². The number of nitrogens with one attached hydrogen (secondary N) is 2. The molecule has 1 atom stereocenters. The van der Waals surface area contributed by atoms with Crippen molar-refractivity contribution >= 4 is 17.8 Å². The number of urea groups is 1. The molecule has 0 aliphatic heterocycles. The van der Waals surface area contributed by atoms with Gasteiger partial charge in [0.05, 0.1) is 11.7 Å². The third-order valence-corrected chi connectivity index (χ3v) is 4.05. The van der Waals surface area contributed by atoms with Gasteiger partial charge in [0.25, 0.3) is 0 Å². The number of carbonyl (C=O) groups is 1. The Balaban J connectivity index is 1.81. The molecule has 2 N–H and O–H groups in total. The van der Waals surface area contributed by atoms with E-state index in [1.54, 1.807) is 30.4 Å². The number of hydrogen-bond acceptors (Lipinski definition) is 4. The molecule has 22 heavy (non-hydrogen) atoms. The second kappa shape index (κ2) is 8.38. The molecule has 2 aromatic rings. The fourth-order valence-corrected chi connectivity index (χ4v) is 2.81. The lowest BCUT2D eigenvalue weighted by atomic mass is 10.1. The van der Waals surface area contributed by atoms with Crippen molar-refractivity contribution in [2.75, 3.05) is 12.8 Å². The van der Waals surface area contributed by atoms with Gasteiger partial charge in [-0.3, -0.25) is 9.97 Å². The highest BCUT2D eigenvalue weighted by Crippen LogP contribution is 2.25. The maximum atomic E-state index is 12.0. The van der Waals surface area contributed by atoms with E-state index in [1.165, 1.54) is 4.90 Å². The van der Waals surface area contributed by atoms with E-state index in [0.29, 0.717) is 13.0 Å². The van der Waals surface area contributed by atoms with Gasteiger partial charge in [0, 0.05) is 36.5 Å².